The van der Waals surface area contributed by atoms with E-state index >= 15 is 0 Å². The summed E-state index contributed by atoms with van der Waals surface area (Å²) in [6.45, 7) is 3.66. The molecule has 27 heavy (non-hydrogen) atoms. The highest BCUT2D eigenvalue weighted by atomic mass is 16.2. The van der Waals surface area contributed by atoms with Crippen molar-refractivity contribution < 1.29 is 14.4 Å². The highest BCUT2D eigenvalue weighted by Crippen LogP contribution is 2.24. The minimum Gasteiger partial charge on any atom is -0.350 e. The van der Waals surface area contributed by atoms with Crippen LogP contribution in [0.3, 0.4) is 0 Å². The molecule has 2 heterocycles. The molecule has 0 spiro atoms. The Labute approximate surface area is 157 Å². The number of imide groups is 1. The first-order chi connectivity index (χ1) is 13.0. The molecule has 1 aliphatic heterocycles. The smallest absolute Gasteiger partial charge is 0.325 e. The van der Waals surface area contributed by atoms with Crippen molar-refractivity contribution in [1.29, 1.82) is 0 Å². The van der Waals surface area contributed by atoms with Gasteiger partial charge in [-0.25, -0.2) is 9.48 Å². The van der Waals surface area contributed by atoms with Crippen LogP contribution in [0.1, 0.15) is 32.3 Å². The van der Waals surface area contributed by atoms with Gasteiger partial charge in [0.05, 0.1) is 5.69 Å². The molecule has 0 radical (unpaired) electrons. The van der Waals surface area contributed by atoms with Crippen LogP contribution in [0.15, 0.2) is 42.7 Å². The molecule has 0 unspecified atom stereocenters. The van der Waals surface area contributed by atoms with Crippen LogP contribution in [0.5, 0.6) is 0 Å². The molecular weight excluding hydrogens is 346 g/mol. The summed E-state index contributed by atoms with van der Waals surface area (Å²) in [4.78, 5) is 38.0. The Bertz CT molecular complexity index is 843. The van der Waals surface area contributed by atoms with Crippen molar-refractivity contribution in [3.63, 3.8) is 0 Å². The van der Waals surface area contributed by atoms with Gasteiger partial charge in [-0.05, 0) is 30.5 Å². The maximum Gasteiger partial charge on any atom is 0.325 e. The lowest BCUT2D eigenvalue weighted by Gasteiger charge is -2.23. The third-order valence-electron chi connectivity index (χ3n) is 4.97. The number of urea groups is 1. The van der Waals surface area contributed by atoms with Crippen molar-refractivity contribution in [2.24, 2.45) is 0 Å². The maximum atomic E-state index is 12.6. The number of carbonyl (C=O) groups excluding carboxylic acids is 3. The maximum absolute atomic E-state index is 12.6. The predicted molar refractivity (Wildman–Crippen MR) is 99.0 cm³/mol. The van der Waals surface area contributed by atoms with Crippen LogP contribution in [0.4, 0.5) is 4.79 Å². The van der Waals surface area contributed by atoms with Crippen LogP contribution in [0.2, 0.25) is 0 Å². The van der Waals surface area contributed by atoms with E-state index in [0.29, 0.717) is 12.8 Å². The van der Waals surface area contributed by atoms with Gasteiger partial charge in [0.2, 0.25) is 5.91 Å². The molecule has 1 saturated heterocycles. The number of rotatable bonds is 7. The fourth-order valence-corrected chi connectivity index (χ4v) is 3.24. The highest BCUT2D eigenvalue weighted by Gasteiger charge is 2.49. The first kappa shape index (κ1) is 18.6. The zero-order valence-corrected chi connectivity index (χ0v) is 15.4. The van der Waals surface area contributed by atoms with Gasteiger partial charge >= 0.3 is 6.03 Å². The van der Waals surface area contributed by atoms with E-state index in [1.165, 1.54) is 0 Å². The van der Waals surface area contributed by atoms with Gasteiger partial charge in [-0.2, -0.15) is 5.10 Å². The first-order valence-corrected chi connectivity index (χ1v) is 8.99. The van der Waals surface area contributed by atoms with Gasteiger partial charge in [0.1, 0.15) is 12.1 Å². The molecule has 0 aliphatic carbocycles. The largest absolute Gasteiger partial charge is 0.350 e. The molecule has 8 nitrogen and oxygen atoms in total. The fourth-order valence-electron chi connectivity index (χ4n) is 3.24. The van der Waals surface area contributed by atoms with Gasteiger partial charge in [-0.15, -0.1) is 0 Å². The monoisotopic (exact) mass is 369 g/mol. The van der Waals surface area contributed by atoms with Crippen LogP contribution in [-0.2, 0) is 16.1 Å². The van der Waals surface area contributed by atoms with Gasteiger partial charge in [0.15, 0.2) is 0 Å². The Morgan fingerprint density at radius 3 is 2.56 bits per heavy atom. The van der Waals surface area contributed by atoms with Crippen molar-refractivity contribution in [3.8, 4) is 5.69 Å². The SMILES string of the molecule is CCC1(CC)NC(=O)N(CC(=O)NCc2ccccc2-n2cccn2)C1=O. The van der Waals surface area contributed by atoms with E-state index in [1.807, 2.05) is 50.4 Å². The fraction of sp³-hybridized carbons (Fsp3) is 0.368. The summed E-state index contributed by atoms with van der Waals surface area (Å²) in [5.74, 6) is -0.735. The van der Waals surface area contributed by atoms with E-state index in [-0.39, 0.29) is 19.0 Å². The second kappa shape index (κ2) is 7.61. The summed E-state index contributed by atoms with van der Waals surface area (Å²) in [7, 11) is 0. The highest BCUT2D eigenvalue weighted by molar-refractivity contribution is 6.08. The van der Waals surface area contributed by atoms with E-state index < -0.39 is 17.5 Å². The van der Waals surface area contributed by atoms with Crippen LogP contribution in [-0.4, -0.2) is 44.6 Å². The number of nitrogens with one attached hydrogen (secondary N) is 2. The summed E-state index contributed by atoms with van der Waals surface area (Å²) in [6, 6.07) is 8.87. The van der Waals surface area contributed by atoms with Gasteiger partial charge in [-0.3, -0.25) is 14.5 Å². The molecule has 2 aromatic rings. The Hall–Kier alpha value is -3.16. The Morgan fingerprint density at radius 2 is 1.93 bits per heavy atom. The minimum absolute atomic E-state index is 0.269. The van der Waals surface area contributed by atoms with Gasteiger partial charge in [0.25, 0.3) is 5.91 Å². The average Bonchev–Trinajstić information content (AvgIpc) is 3.29. The topological polar surface area (TPSA) is 96.3 Å². The van der Waals surface area contributed by atoms with Crippen LogP contribution < -0.4 is 10.6 Å². The van der Waals surface area contributed by atoms with Gasteiger partial charge < -0.3 is 10.6 Å². The molecule has 0 atom stereocenters. The Morgan fingerprint density at radius 1 is 1.19 bits per heavy atom. The molecule has 8 heteroatoms. The first-order valence-electron chi connectivity index (χ1n) is 8.99. The number of hydrogen-bond donors (Lipinski definition) is 2. The molecule has 0 bridgehead atoms. The van der Waals surface area contributed by atoms with Crippen molar-refractivity contribution in [1.82, 2.24) is 25.3 Å². The third kappa shape index (κ3) is 3.55. The van der Waals surface area contributed by atoms with Crippen molar-refractivity contribution >= 4 is 17.8 Å². The Kier molecular flexibility index (Phi) is 5.25. The number of amides is 4. The normalized spacial score (nSPS) is 15.7. The average molecular weight is 369 g/mol. The van der Waals surface area contributed by atoms with E-state index in [4.69, 9.17) is 0 Å². The molecule has 142 valence electrons. The zero-order valence-electron chi connectivity index (χ0n) is 15.4. The minimum atomic E-state index is -0.899. The zero-order chi connectivity index (χ0) is 19.4. The predicted octanol–water partition coefficient (Wildman–Crippen LogP) is 1.60. The molecule has 2 N–H and O–H groups in total. The van der Waals surface area contributed by atoms with Crippen LogP contribution in [0.25, 0.3) is 5.69 Å². The van der Waals surface area contributed by atoms with E-state index in [1.54, 1.807) is 10.9 Å². The second-order valence-corrected chi connectivity index (χ2v) is 6.47. The number of nitrogens with zero attached hydrogens (tertiary/aromatic N) is 3. The third-order valence-corrected chi connectivity index (χ3v) is 4.97. The quantitative estimate of drug-likeness (QED) is 0.725. The van der Waals surface area contributed by atoms with Gasteiger partial charge in [0, 0.05) is 18.9 Å². The number of aromatic nitrogens is 2. The lowest BCUT2D eigenvalue weighted by Crippen LogP contribution is -2.46. The number of para-hydroxylation sites is 1. The standard InChI is InChI=1S/C19H23N5O3/c1-3-19(4-2)17(26)23(18(27)22-19)13-16(25)20-12-14-8-5-6-9-15(14)24-11-7-10-21-24/h5-11H,3-4,12-13H2,1-2H3,(H,20,25)(H,22,27). The second-order valence-electron chi connectivity index (χ2n) is 6.47. The van der Waals surface area contributed by atoms with Crippen molar-refractivity contribution in [2.45, 2.75) is 38.8 Å². The summed E-state index contributed by atoms with van der Waals surface area (Å²) >= 11 is 0. The van der Waals surface area contributed by atoms with Crippen LogP contribution in [0, 0.1) is 0 Å². The van der Waals surface area contributed by atoms with Crippen molar-refractivity contribution in [3.05, 3.63) is 48.3 Å². The molecule has 3 rings (SSSR count). The van der Waals surface area contributed by atoms with E-state index in [0.717, 1.165) is 16.2 Å². The lowest BCUT2D eigenvalue weighted by atomic mass is 9.93. The molecule has 1 fully saturated rings. The summed E-state index contributed by atoms with van der Waals surface area (Å²) in [5, 5.41) is 9.71. The summed E-state index contributed by atoms with van der Waals surface area (Å²) in [5.41, 5.74) is 0.835. The van der Waals surface area contributed by atoms with E-state index in [2.05, 4.69) is 15.7 Å². The molecule has 1 aromatic carbocycles. The number of benzene rings is 1. The molecule has 4 amide bonds. The molecular formula is C19H23N5O3. The van der Waals surface area contributed by atoms with Crippen molar-refractivity contribution in [2.75, 3.05) is 6.54 Å². The van der Waals surface area contributed by atoms with Gasteiger partial charge in [-0.1, -0.05) is 32.0 Å². The number of hydrogen-bond acceptors (Lipinski definition) is 4. The summed E-state index contributed by atoms with van der Waals surface area (Å²) in [6.07, 6.45) is 4.48. The molecule has 1 aliphatic rings. The molecule has 1 aromatic heterocycles. The Balaban J connectivity index is 1.65. The van der Waals surface area contributed by atoms with E-state index in [9.17, 15) is 14.4 Å². The number of carbonyl (C=O) groups is 3. The lowest BCUT2D eigenvalue weighted by molar-refractivity contribution is -0.135. The van der Waals surface area contributed by atoms with Crippen LogP contribution >= 0.6 is 0 Å². The summed E-state index contributed by atoms with van der Waals surface area (Å²) < 4.78 is 1.72. The molecule has 0 saturated carbocycles.